The second-order valence-electron chi connectivity index (χ2n) is 7.62. The van der Waals surface area contributed by atoms with Crippen LogP contribution in [0, 0.1) is 0 Å². The fraction of sp³-hybridized carbons (Fsp3) is 0.240. The predicted molar refractivity (Wildman–Crippen MR) is 125 cm³/mol. The number of rotatable bonds is 10. The second-order valence-corrected chi connectivity index (χ2v) is 8.03. The summed E-state index contributed by atoms with van der Waals surface area (Å²) in [6, 6.07) is 15.3. The molecule has 0 spiro atoms. The van der Waals surface area contributed by atoms with Crippen molar-refractivity contribution >= 4 is 34.9 Å². The van der Waals surface area contributed by atoms with E-state index in [9.17, 15) is 14.4 Å². The van der Waals surface area contributed by atoms with Gasteiger partial charge in [0.25, 0.3) is 5.91 Å². The average molecular weight is 483 g/mol. The number of nitrogens with one attached hydrogen (secondary N) is 1. The molecule has 0 atom stereocenters. The topological polar surface area (TPSA) is 98.1 Å². The largest absolute Gasteiger partial charge is 0.484 e. The first-order valence-electron chi connectivity index (χ1n) is 10.8. The van der Waals surface area contributed by atoms with Gasteiger partial charge in [0.1, 0.15) is 17.3 Å². The van der Waals surface area contributed by atoms with Gasteiger partial charge in [-0.25, -0.2) is 0 Å². The zero-order valence-corrected chi connectivity index (χ0v) is 19.0. The minimum atomic E-state index is -0.266. The lowest BCUT2D eigenvalue weighted by molar-refractivity contribution is -0.123. The fourth-order valence-corrected chi connectivity index (χ4v) is 3.68. The van der Waals surface area contributed by atoms with E-state index in [1.807, 2.05) is 0 Å². The second kappa shape index (κ2) is 10.9. The Labute approximate surface area is 201 Å². The van der Waals surface area contributed by atoms with Gasteiger partial charge in [0.05, 0.1) is 23.5 Å². The highest BCUT2D eigenvalue weighted by atomic mass is 35.5. The smallest absolute Gasteiger partial charge is 0.265 e. The van der Waals surface area contributed by atoms with Crippen LogP contribution in [-0.4, -0.2) is 37.4 Å². The number of ether oxygens (including phenoxy) is 2. The van der Waals surface area contributed by atoms with Crippen LogP contribution in [0.4, 0.5) is 5.69 Å². The third kappa shape index (κ3) is 5.77. The number of carbonyl (C=O) groups is 3. The zero-order chi connectivity index (χ0) is 23.9. The maximum Gasteiger partial charge on any atom is 0.265 e. The van der Waals surface area contributed by atoms with Crippen molar-refractivity contribution in [2.75, 3.05) is 24.7 Å². The molecule has 2 amide bonds. The van der Waals surface area contributed by atoms with Crippen LogP contribution in [0.3, 0.4) is 0 Å². The molecule has 1 aliphatic heterocycles. The number of fused-ring (bicyclic) bond motifs is 1. The fourth-order valence-electron chi connectivity index (χ4n) is 3.49. The van der Waals surface area contributed by atoms with Crippen molar-refractivity contribution in [2.45, 2.75) is 19.4 Å². The van der Waals surface area contributed by atoms with E-state index in [0.29, 0.717) is 53.0 Å². The molecule has 0 unspecified atom stereocenters. The molecule has 0 saturated heterocycles. The summed E-state index contributed by atoms with van der Waals surface area (Å²) in [6.07, 6.45) is 2.23. The van der Waals surface area contributed by atoms with E-state index < -0.39 is 0 Å². The van der Waals surface area contributed by atoms with Crippen LogP contribution in [0.5, 0.6) is 11.5 Å². The molecular formula is C25H23ClN2O6. The van der Waals surface area contributed by atoms with Crippen molar-refractivity contribution in [3.05, 3.63) is 77.2 Å². The van der Waals surface area contributed by atoms with Crippen molar-refractivity contribution in [1.82, 2.24) is 5.32 Å². The number of hydrogen-bond acceptors (Lipinski definition) is 6. The molecule has 0 fully saturated rings. The van der Waals surface area contributed by atoms with E-state index in [1.165, 1.54) is 0 Å². The molecule has 0 saturated carbocycles. The molecule has 3 aromatic rings. The maximum atomic E-state index is 12.7. The van der Waals surface area contributed by atoms with Crippen LogP contribution in [0.25, 0.3) is 0 Å². The van der Waals surface area contributed by atoms with Gasteiger partial charge in [-0.15, -0.1) is 0 Å². The Morgan fingerprint density at radius 1 is 1.12 bits per heavy atom. The van der Waals surface area contributed by atoms with Crippen molar-refractivity contribution in [3.63, 3.8) is 0 Å². The first-order valence-corrected chi connectivity index (χ1v) is 11.2. The van der Waals surface area contributed by atoms with Gasteiger partial charge in [-0.3, -0.25) is 14.4 Å². The van der Waals surface area contributed by atoms with Crippen LogP contribution in [0.15, 0.2) is 65.3 Å². The molecule has 0 aliphatic carbocycles. The number of Topliss-reactive ketones (excluding diaryl/α,β-unsaturated/α-hetero) is 1. The lowest BCUT2D eigenvalue weighted by Crippen LogP contribution is -2.40. The summed E-state index contributed by atoms with van der Waals surface area (Å²) in [7, 11) is 0. The van der Waals surface area contributed by atoms with Gasteiger partial charge in [0.2, 0.25) is 5.91 Å². The van der Waals surface area contributed by atoms with Crippen LogP contribution in [0.1, 0.15) is 29.0 Å². The van der Waals surface area contributed by atoms with Crippen molar-refractivity contribution in [3.8, 4) is 11.5 Å². The van der Waals surface area contributed by atoms with Gasteiger partial charge < -0.3 is 24.1 Å². The molecule has 4 rings (SSSR count). The van der Waals surface area contributed by atoms with Gasteiger partial charge in [-0.1, -0.05) is 23.7 Å². The third-order valence-corrected chi connectivity index (χ3v) is 5.56. The van der Waals surface area contributed by atoms with Crippen molar-refractivity contribution < 1.29 is 28.3 Å². The van der Waals surface area contributed by atoms with Gasteiger partial charge in [-0.05, 0) is 48.9 Å². The highest BCUT2D eigenvalue weighted by Gasteiger charge is 2.26. The molecule has 9 heteroatoms. The number of ketones is 1. The first kappa shape index (κ1) is 23.4. The summed E-state index contributed by atoms with van der Waals surface area (Å²) in [5, 5.41) is 3.20. The summed E-state index contributed by atoms with van der Waals surface area (Å²) in [4.78, 5) is 38.9. The first-order chi connectivity index (χ1) is 16.5. The number of hydrogen-bond donors (Lipinski definition) is 1. The van der Waals surface area contributed by atoms with Crippen molar-refractivity contribution in [2.24, 2.45) is 0 Å². The Morgan fingerprint density at radius 3 is 2.76 bits per heavy atom. The average Bonchev–Trinajstić information content (AvgIpc) is 3.37. The number of halogens is 1. The number of carbonyl (C=O) groups excluding carboxylic acids is 3. The number of furan rings is 1. The lowest BCUT2D eigenvalue weighted by atomic mass is 10.1. The standard InChI is InChI=1S/C25H23ClN2O6/c26-19-6-1-2-7-22(19)33-15-21(29)17-9-10-23-20(13-17)28(25(31)16-34-23)11-3-8-24(30)27-14-18-5-4-12-32-18/h1-2,4-7,9-10,12-13H,3,8,11,14-16H2,(H,27,30). The number of nitrogens with zero attached hydrogens (tertiary/aromatic N) is 1. The van der Waals surface area contributed by atoms with Crippen LogP contribution in [0.2, 0.25) is 5.02 Å². The molecule has 0 bridgehead atoms. The Morgan fingerprint density at radius 2 is 1.97 bits per heavy atom. The predicted octanol–water partition coefficient (Wildman–Crippen LogP) is 4.02. The third-order valence-electron chi connectivity index (χ3n) is 5.24. The lowest BCUT2D eigenvalue weighted by Gasteiger charge is -2.29. The number of amides is 2. The van der Waals surface area contributed by atoms with E-state index in [-0.39, 0.29) is 37.2 Å². The molecule has 34 heavy (non-hydrogen) atoms. The minimum absolute atomic E-state index is 0.0966. The van der Waals surface area contributed by atoms with Crippen molar-refractivity contribution in [1.29, 1.82) is 0 Å². The van der Waals surface area contributed by atoms with Crippen LogP contribution in [-0.2, 0) is 16.1 Å². The van der Waals surface area contributed by atoms with E-state index >= 15 is 0 Å². The van der Waals surface area contributed by atoms with Gasteiger partial charge in [-0.2, -0.15) is 0 Å². The van der Waals surface area contributed by atoms with E-state index in [4.69, 9.17) is 25.5 Å². The monoisotopic (exact) mass is 482 g/mol. The van der Waals surface area contributed by atoms with Crippen LogP contribution >= 0.6 is 11.6 Å². The Kier molecular flexibility index (Phi) is 7.49. The molecule has 176 valence electrons. The van der Waals surface area contributed by atoms with Gasteiger partial charge in [0.15, 0.2) is 19.0 Å². The van der Waals surface area contributed by atoms with Gasteiger partial charge >= 0.3 is 0 Å². The Bertz CT molecular complexity index is 1180. The summed E-state index contributed by atoms with van der Waals surface area (Å²) in [6.45, 7) is 0.331. The highest BCUT2D eigenvalue weighted by molar-refractivity contribution is 6.32. The van der Waals surface area contributed by atoms with E-state index in [1.54, 1.807) is 65.8 Å². The highest BCUT2D eigenvalue weighted by Crippen LogP contribution is 2.33. The number of para-hydroxylation sites is 1. The molecule has 8 nitrogen and oxygen atoms in total. The molecule has 2 aromatic carbocycles. The normalized spacial score (nSPS) is 12.6. The van der Waals surface area contributed by atoms with E-state index in [0.717, 1.165) is 0 Å². The molecule has 2 heterocycles. The summed E-state index contributed by atoms with van der Waals surface area (Å²) >= 11 is 6.07. The molecular weight excluding hydrogens is 460 g/mol. The van der Waals surface area contributed by atoms with E-state index in [2.05, 4.69) is 5.32 Å². The van der Waals surface area contributed by atoms with Gasteiger partial charge in [0, 0.05) is 18.5 Å². The zero-order valence-electron chi connectivity index (χ0n) is 18.3. The summed E-state index contributed by atoms with van der Waals surface area (Å²) < 4.78 is 16.2. The summed E-state index contributed by atoms with van der Waals surface area (Å²) in [5.41, 5.74) is 0.876. The minimum Gasteiger partial charge on any atom is -0.484 e. The molecule has 0 radical (unpaired) electrons. The maximum absolute atomic E-state index is 12.7. The molecule has 1 aromatic heterocycles. The number of benzene rings is 2. The Balaban J connectivity index is 1.36. The SMILES string of the molecule is O=C(CCCN1C(=O)COc2ccc(C(=O)COc3ccccc3Cl)cc21)NCc1ccco1. The molecule has 1 N–H and O–H groups in total. The quantitative estimate of drug-likeness (QED) is 0.438. The molecule has 1 aliphatic rings. The summed E-state index contributed by atoms with van der Waals surface area (Å²) in [5.74, 6) is 0.948. The number of anilines is 1. The van der Waals surface area contributed by atoms with Crippen LogP contribution < -0.4 is 19.7 Å². The Hall–Kier alpha value is -3.78.